The van der Waals surface area contributed by atoms with Crippen molar-refractivity contribution in [1.29, 1.82) is 0 Å². The molecule has 0 radical (unpaired) electrons. The molecule has 4 rings (SSSR count). The molecule has 0 spiro atoms. The Morgan fingerprint density at radius 1 is 0.788 bits per heavy atom. The van der Waals surface area contributed by atoms with Gasteiger partial charge in [0.15, 0.2) is 0 Å². The van der Waals surface area contributed by atoms with Crippen molar-refractivity contribution < 1.29 is 13.8 Å². The zero-order valence-electron chi connectivity index (χ0n) is 18.9. The predicted molar refractivity (Wildman–Crippen MR) is 132 cm³/mol. The third-order valence-electron chi connectivity index (χ3n) is 5.91. The number of piperidine rings is 1. The van der Waals surface area contributed by atoms with Crippen molar-refractivity contribution in [2.45, 2.75) is 34.5 Å². The van der Waals surface area contributed by atoms with Crippen LogP contribution in [0.5, 0.6) is 0 Å². The molecule has 1 amide bonds. The van der Waals surface area contributed by atoms with E-state index in [9.17, 15) is 9.59 Å². The fraction of sp³-hybridized carbons (Fsp3) is 0.214. The molecule has 3 aromatic carbocycles. The molecule has 33 heavy (non-hydrogen) atoms. The molecular formula is C28H29NO3S. The molecule has 0 bridgehead atoms. The Morgan fingerprint density at radius 3 is 1.55 bits per heavy atom. The third-order valence-corrected chi connectivity index (χ3v) is 9.14. The minimum atomic E-state index is -2.27. The van der Waals surface area contributed by atoms with E-state index in [0.717, 1.165) is 14.7 Å². The molecule has 0 aliphatic carbocycles. The van der Waals surface area contributed by atoms with Crippen LogP contribution < -0.4 is 0 Å². The lowest BCUT2D eigenvalue weighted by Crippen LogP contribution is -2.41. The standard InChI is InChI=1S/C28H29NO3S/c1-22(2)27(30)29-20-18-23(19-21-29)28(31)32-33(24-12-6-3-7-13-24,25-14-8-4-9-15-25)26-16-10-5-11-17-26/h3-17,23H,1,18-21H2,2H3. The first-order valence-corrected chi connectivity index (χ1v) is 12.7. The van der Waals surface area contributed by atoms with E-state index in [4.69, 9.17) is 4.18 Å². The van der Waals surface area contributed by atoms with Crippen molar-refractivity contribution in [3.05, 3.63) is 103 Å². The van der Waals surface area contributed by atoms with E-state index < -0.39 is 10.3 Å². The van der Waals surface area contributed by atoms with Crippen LogP contribution in [0.15, 0.2) is 118 Å². The molecule has 1 fully saturated rings. The number of likely N-dealkylation sites (tertiary alicyclic amines) is 1. The summed E-state index contributed by atoms with van der Waals surface area (Å²) in [5.41, 5.74) is 0.525. The van der Waals surface area contributed by atoms with Crippen molar-refractivity contribution in [2.75, 3.05) is 13.1 Å². The molecule has 0 atom stereocenters. The van der Waals surface area contributed by atoms with Crippen LogP contribution in [0.1, 0.15) is 19.8 Å². The molecule has 4 nitrogen and oxygen atoms in total. The molecule has 1 saturated heterocycles. The van der Waals surface area contributed by atoms with Crippen LogP contribution >= 0.6 is 10.3 Å². The van der Waals surface area contributed by atoms with Crippen LogP contribution in [0.4, 0.5) is 0 Å². The maximum absolute atomic E-state index is 13.6. The fourth-order valence-electron chi connectivity index (χ4n) is 4.17. The lowest BCUT2D eigenvalue weighted by molar-refractivity contribution is -0.141. The van der Waals surface area contributed by atoms with Crippen molar-refractivity contribution in [3.8, 4) is 0 Å². The summed E-state index contributed by atoms with van der Waals surface area (Å²) in [6, 6.07) is 30.1. The molecule has 0 aromatic heterocycles. The minimum absolute atomic E-state index is 0.0420. The number of rotatable bonds is 6. The van der Waals surface area contributed by atoms with Crippen molar-refractivity contribution in [2.24, 2.45) is 5.92 Å². The van der Waals surface area contributed by atoms with Crippen molar-refractivity contribution in [3.63, 3.8) is 0 Å². The first-order valence-electron chi connectivity index (χ1n) is 11.2. The second-order valence-corrected chi connectivity index (χ2v) is 10.9. The van der Waals surface area contributed by atoms with Gasteiger partial charge in [-0.2, -0.15) is 0 Å². The number of carbonyl (C=O) groups excluding carboxylic acids is 2. The molecule has 3 aromatic rings. The highest BCUT2D eigenvalue weighted by Crippen LogP contribution is 2.69. The Kier molecular flexibility index (Phi) is 6.99. The monoisotopic (exact) mass is 459 g/mol. The number of hydrogen-bond acceptors (Lipinski definition) is 3. The first kappa shape index (κ1) is 22.9. The van der Waals surface area contributed by atoms with Gasteiger partial charge in [-0.25, -0.2) is 0 Å². The van der Waals surface area contributed by atoms with E-state index in [1.165, 1.54) is 0 Å². The number of nitrogens with zero attached hydrogens (tertiary/aromatic N) is 1. The van der Waals surface area contributed by atoms with Gasteiger partial charge in [-0.05, 0) is 66.5 Å². The molecule has 5 heteroatoms. The highest BCUT2D eigenvalue weighted by atomic mass is 32.3. The smallest absolute Gasteiger partial charge is 0.320 e. The Balaban J connectivity index is 1.70. The Hall–Kier alpha value is -3.31. The van der Waals surface area contributed by atoms with Crippen LogP contribution in [0.2, 0.25) is 0 Å². The van der Waals surface area contributed by atoms with Crippen LogP contribution in [0.3, 0.4) is 0 Å². The van der Waals surface area contributed by atoms with Crippen LogP contribution in [-0.4, -0.2) is 29.9 Å². The lowest BCUT2D eigenvalue weighted by Gasteiger charge is -2.41. The fourth-order valence-corrected chi connectivity index (χ4v) is 7.28. The summed E-state index contributed by atoms with van der Waals surface area (Å²) in [7, 11) is -2.27. The topological polar surface area (TPSA) is 46.6 Å². The van der Waals surface area contributed by atoms with E-state index in [1.807, 2.05) is 91.0 Å². The molecule has 1 aliphatic rings. The van der Waals surface area contributed by atoms with Crippen molar-refractivity contribution in [1.82, 2.24) is 4.90 Å². The van der Waals surface area contributed by atoms with Crippen LogP contribution in [-0.2, 0) is 13.8 Å². The third kappa shape index (κ3) is 4.74. The Labute approximate surface area is 197 Å². The average Bonchev–Trinajstić information content (AvgIpc) is 2.88. The van der Waals surface area contributed by atoms with E-state index in [-0.39, 0.29) is 17.8 Å². The van der Waals surface area contributed by atoms with Crippen LogP contribution in [0, 0.1) is 5.92 Å². The SMILES string of the molecule is C=C(C)C(=O)N1CCC(C(=O)OS(c2ccccc2)(c2ccccc2)c2ccccc2)CC1. The second-order valence-electron chi connectivity index (χ2n) is 8.24. The summed E-state index contributed by atoms with van der Waals surface area (Å²) < 4.78 is 6.60. The van der Waals surface area contributed by atoms with Crippen molar-refractivity contribution >= 4 is 22.2 Å². The summed E-state index contributed by atoms with van der Waals surface area (Å²) in [5, 5.41) is 0. The van der Waals surface area contributed by atoms with Gasteiger partial charge in [0.2, 0.25) is 5.91 Å². The van der Waals surface area contributed by atoms with E-state index >= 15 is 0 Å². The van der Waals surface area contributed by atoms with Gasteiger partial charge in [-0.3, -0.25) is 9.59 Å². The molecule has 0 unspecified atom stereocenters. The normalized spacial score (nSPS) is 15.0. The van der Waals surface area contributed by atoms with E-state index in [2.05, 4.69) is 6.58 Å². The van der Waals surface area contributed by atoms with Crippen LogP contribution in [0.25, 0.3) is 0 Å². The maximum atomic E-state index is 13.6. The number of hydrogen-bond donors (Lipinski definition) is 0. The van der Waals surface area contributed by atoms with Gasteiger partial charge in [0.1, 0.15) is 0 Å². The summed E-state index contributed by atoms with van der Waals surface area (Å²) in [4.78, 5) is 30.6. The predicted octanol–water partition coefficient (Wildman–Crippen LogP) is 6.24. The quantitative estimate of drug-likeness (QED) is 0.410. The highest BCUT2D eigenvalue weighted by molar-refractivity contribution is 8.30. The van der Waals surface area contributed by atoms with Gasteiger partial charge < -0.3 is 9.08 Å². The van der Waals surface area contributed by atoms with Gasteiger partial charge >= 0.3 is 5.97 Å². The number of amides is 1. The van der Waals surface area contributed by atoms with Gasteiger partial charge in [-0.15, -0.1) is 0 Å². The summed E-state index contributed by atoms with van der Waals surface area (Å²) in [6.07, 6.45) is 1.18. The Morgan fingerprint density at radius 2 is 1.18 bits per heavy atom. The summed E-state index contributed by atoms with van der Waals surface area (Å²) >= 11 is 0. The zero-order valence-corrected chi connectivity index (χ0v) is 19.7. The number of benzene rings is 3. The minimum Gasteiger partial charge on any atom is -0.402 e. The van der Waals surface area contributed by atoms with Gasteiger partial charge in [0.05, 0.1) is 5.92 Å². The molecule has 170 valence electrons. The molecule has 1 aliphatic heterocycles. The largest absolute Gasteiger partial charge is 0.402 e. The average molecular weight is 460 g/mol. The van der Waals surface area contributed by atoms with Gasteiger partial charge in [0, 0.05) is 33.3 Å². The first-order chi connectivity index (χ1) is 16.0. The Bertz CT molecular complexity index is 1010. The summed E-state index contributed by atoms with van der Waals surface area (Å²) in [5.74, 6) is -0.495. The second kappa shape index (κ2) is 10.1. The van der Waals surface area contributed by atoms with E-state index in [0.29, 0.717) is 31.5 Å². The van der Waals surface area contributed by atoms with E-state index in [1.54, 1.807) is 11.8 Å². The molecular weight excluding hydrogens is 430 g/mol. The van der Waals surface area contributed by atoms with Gasteiger partial charge in [0.25, 0.3) is 0 Å². The molecule has 1 heterocycles. The molecule has 0 saturated carbocycles. The van der Waals surface area contributed by atoms with Gasteiger partial charge in [-0.1, -0.05) is 61.2 Å². The highest BCUT2D eigenvalue weighted by Gasteiger charge is 2.38. The zero-order chi connectivity index (χ0) is 23.3. The maximum Gasteiger partial charge on any atom is 0.320 e. The number of carbonyl (C=O) groups is 2. The lowest BCUT2D eigenvalue weighted by atomic mass is 9.97. The summed E-state index contributed by atoms with van der Waals surface area (Å²) in [6.45, 7) is 6.55. The molecule has 0 N–H and O–H groups in total.